The minimum Gasteiger partial charge on any atom is -0.330 e. The van der Waals surface area contributed by atoms with Crippen LogP contribution < -0.4 is 16.6 Å². The van der Waals surface area contributed by atoms with Gasteiger partial charge in [-0.1, -0.05) is 36.4 Å². The largest absolute Gasteiger partial charge is 0.330 e. The molecule has 0 atom stereocenters. The third-order valence-corrected chi connectivity index (χ3v) is 5.73. The van der Waals surface area contributed by atoms with Gasteiger partial charge in [0.25, 0.3) is 5.56 Å². The first-order valence-electron chi connectivity index (χ1n) is 9.92. The number of imidazole rings is 1. The first-order chi connectivity index (χ1) is 15.0. The first kappa shape index (κ1) is 21.0. The molecule has 4 rings (SSSR count). The Morgan fingerprint density at radius 2 is 1.71 bits per heavy atom. The Morgan fingerprint density at radius 1 is 1.00 bits per heavy atom. The summed E-state index contributed by atoms with van der Waals surface area (Å²) >= 11 is 0. The SMILES string of the molecule is NCCCNCc1ccc(-c2cn3cc(-c4ccc([SH](=O)=O)cc4)[nH]c3nc2=O)cc1. The molecular formula is C22H23N5O3S. The maximum Gasteiger partial charge on any atom is 0.282 e. The summed E-state index contributed by atoms with van der Waals surface area (Å²) in [6, 6.07) is 14.3. The number of hydrogen-bond donors (Lipinski definition) is 4. The minimum atomic E-state index is -2.62. The maximum atomic E-state index is 12.6. The molecule has 4 N–H and O–H groups in total. The predicted octanol–water partition coefficient (Wildman–Crippen LogP) is 1.77. The van der Waals surface area contributed by atoms with E-state index in [1.165, 1.54) is 0 Å². The number of aromatic nitrogens is 3. The van der Waals surface area contributed by atoms with E-state index in [4.69, 9.17) is 5.73 Å². The number of nitrogens with one attached hydrogen (secondary N) is 2. The molecule has 31 heavy (non-hydrogen) atoms. The van der Waals surface area contributed by atoms with E-state index in [2.05, 4.69) is 15.3 Å². The quantitative estimate of drug-likeness (QED) is 0.246. The van der Waals surface area contributed by atoms with Crippen LogP contribution in [0.15, 0.2) is 70.6 Å². The molecule has 9 heteroatoms. The normalized spacial score (nSPS) is 11.4. The average molecular weight is 438 g/mol. The Hall–Kier alpha value is -3.27. The number of nitrogens with zero attached hydrogens (tertiary/aromatic N) is 2. The molecule has 2 aromatic heterocycles. The molecule has 2 aromatic carbocycles. The number of aromatic amines is 1. The van der Waals surface area contributed by atoms with E-state index in [-0.39, 0.29) is 10.5 Å². The van der Waals surface area contributed by atoms with Gasteiger partial charge in [-0.25, -0.2) is 8.42 Å². The molecule has 0 aliphatic heterocycles. The Balaban J connectivity index is 1.59. The minimum absolute atomic E-state index is 0.253. The van der Waals surface area contributed by atoms with Crippen LogP contribution in [-0.2, 0) is 17.2 Å². The summed E-state index contributed by atoms with van der Waals surface area (Å²) in [6.07, 6.45) is 4.51. The van der Waals surface area contributed by atoms with Crippen LogP contribution >= 0.6 is 0 Å². The zero-order valence-corrected chi connectivity index (χ0v) is 17.6. The van der Waals surface area contributed by atoms with Crippen molar-refractivity contribution < 1.29 is 8.42 Å². The number of fused-ring (bicyclic) bond motifs is 1. The van der Waals surface area contributed by atoms with E-state index in [0.717, 1.165) is 41.9 Å². The molecule has 0 saturated heterocycles. The van der Waals surface area contributed by atoms with E-state index in [1.807, 2.05) is 30.5 Å². The number of benzene rings is 2. The van der Waals surface area contributed by atoms with E-state index >= 15 is 0 Å². The van der Waals surface area contributed by atoms with Crippen molar-refractivity contribution in [2.24, 2.45) is 5.73 Å². The molecule has 2 heterocycles. The molecule has 0 amide bonds. The second-order valence-corrected chi connectivity index (χ2v) is 8.21. The van der Waals surface area contributed by atoms with Crippen molar-refractivity contribution in [1.29, 1.82) is 0 Å². The zero-order chi connectivity index (χ0) is 21.8. The highest BCUT2D eigenvalue weighted by Crippen LogP contribution is 2.21. The highest BCUT2D eigenvalue weighted by Gasteiger charge is 2.10. The standard InChI is InChI=1S/C22H23N5O3S/c23-10-1-11-24-12-15-2-4-16(5-3-15)19-13-27-14-20(25-22(27)26-21(19)28)17-6-8-18(9-7-17)31(29)30/h2-9,13-14,24,31H,1,10-12,23H2,(H,25,26,28). The predicted molar refractivity (Wildman–Crippen MR) is 121 cm³/mol. The lowest BCUT2D eigenvalue weighted by molar-refractivity contribution is 0.614. The smallest absolute Gasteiger partial charge is 0.282 e. The lowest BCUT2D eigenvalue weighted by Crippen LogP contribution is -2.17. The van der Waals surface area contributed by atoms with E-state index in [1.54, 1.807) is 34.9 Å². The molecule has 0 unspecified atom stereocenters. The van der Waals surface area contributed by atoms with Crippen LogP contribution in [0.1, 0.15) is 12.0 Å². The maximum absolute atomic E-state index is 12.6. The van der Waals surface area contributed by atoms with Crippen LogP contribution in [0.3, 0.4) is 0 Å². The molecule has 0 spiro atoms. The van der Waals surface area contributed by atoms with Crippen molar-refractivity contribution in [3.63, 3.8) is 0 Å². The van der Waals surface area contributed by atoms with Crippen molar-refractivity contribution >= 4 is 16.5 Å². The van der Waals surface area contributed by atoms with Crippen LogP contribution in [0.4, 0.5) is 0 Å². The van der Waals surface area contributed by atoms with Gasteiger partial charge >= 0.3 is 0 Å². The van der Waals surface area contributed by atoms with E-state index in [9.17, 15) is 13.2 Å². The van der Waals surface area contributed by atoms with Crippen LogP contribution in [-0.4, -0.2) is 35.9 Å². The Kier molecular flexibility index (Phi) is 6.26. The Labute approximate surface area is 180 Å². The summed E-state index contributed by atoms with van der Waals surface area (Å²) in [5.74, 6) is 0.420. The molecular weight excluding hydrogens is 414 g/mol. The molecule has 0 aliphatic carbocycles. The van der Waals surface area contributed by atoms with E-state index < -0.39 is 10.7 Å². The number of hydrogen-bond acceptors (Lipinski definition) is 6. The topological polar surface area (TPSA) is 122 Å². The van der Waals surface area contributed by atoms with Gasteiger partial charge in [0.05, 0.1) is 16.2 Å². The van der Waals surface area contributed by atoms with Gasteiger partial charge < -0.3 is 16.0 Å². The molecule has 0 bridgehead atoms. The lowest BCUT2D eigenvalue weighted by atomic mass is 10.1. The third-order valence-electron chi connectivity index (χ3n) is 5.01. The fourth-order valence-electron chi connectivity index (χ4n) is 3.32. The number of rotatable bonds is 8. The third kappa shape index (κ3) is 4.74. The summed E-state index contributed by atoms with van der Waals surface area (Å²) in [5, 5.41) is 3.33. The number of thiol groups is 1. The second-order valence-electron chi connectivity index (χ2n) is 7.18. The first-order valence-corrected chi connectivity index (χ1v) is 11.1. The molecule has 8 nitrogen and oxygen atoms in total. The summed E-state index contributed by atoms with van der Waals surface area (Å²) < 4.78 is 23.9. The summed E-state index contributed by atoms with van der Waals surface area (Å²) in [4.78, 5) is 20.1. The molecule has 4 aromatic rings. The average Bonchev–Trinajstić information content (AvgIpc) is 3.19. The Bertz CT molecular complexity index is 1310. The van der Waals surface area contributed by atoms with Gasteiger partial charge in [0.15, 0.2) is 10.7 Å². The molecule has 0 fully saturated rings. The van der Waals surface area contributed by atoms with E-state index in [0.29, 0.717) is 17.9 Å². The van der Waals surface area contributed by atoms with Gasteiger partial charge in [-0.3, -0.25) is 9.20 Å². The molecule has 0 aliphatic rings. The molecule has 160 valence electrons. The van der Waals surface area contributed by atoms with Gasteiger partial charge in [-0.05, 0) is 48.3 Å². The summed E-state index contributed by atoms with van der Waals surface area (Å²) in [6.45, 7) is 2.28. The fourth-order valence-corrected chi connectivity index (χ4v) is 3.71. The highest BCUT2D eigenvalue weighted by atomic mass is 32.2. The number of nitrogens with two attached hydrogens (primary N) is 1. The van der Waals surface area contributed by atoms with Crippen LogP contribution in [0.25, 0.3) is 28.2 Å². The number of H-pyrrole nitrogens is 1. The van der Waals surface area contributed by atoms with Gasteiger partial charge in [0.2, 0.25) is 5.78 Å². The Morgan fingerprint density at radius 3 is 2.39 bits per heavy atom. The van der Waals surface area contributed by atoms with Gasteiger partial charge in [0, 0.05) is 18.9 Å². The van der Waals surface area contributed by atoms with Crippen molar-refractivity contribution in [2.75, 3.05) is 13.1 Å². The molecule has 0 radical (unpaired) electrons. The van der Waals surface area contributed by atoms with Crippen molar-refractivity contribution in [3.05, 3.63) is 76.8 Å². The molecule has 0 saturated carbocycles. The highest BCUT2D eigenvalue weighted by molar-refractivity contribution is 7.72. The summed E-state index contributed by atoms with van der Waals surface area (Å²) in [5.41, 5.74) is 9.13. The van der Waals surface area contributed by atoms with Crippen molar-refractivity contribution in [2.45, 2.75) is 17.9 Å². The van der Waals surface area contributed by atoms with Gasteiger partial charge in [-0.15, -0.1) is 0 Å². The van der Waals surface area contributed by atoms with Crippen LogP contribution in [0.5, 0.6) is 0 Å². The van der Waals surface area contributed by atoms with Crippen molar-refractivity contribution in [1.82, 2.24) is 19.7 Å². The summed E-state index contributed by atoms with van der Waals surface area (Å²) in [7, 11) is -2.62. The second kappa shape index (κ2) is 9.25. The van der Waals surface area contributed by atoms with Gasteiger partial charge in [-0.2, -0.15) is 4.98 Å². The van der Waals surface area contributed by atoms with Crippen LogP contribution in [0, 0.1) is 0 Å². The monoisotopic (exact) mass is 437 g/mol. The zero-order valence-electron chi connectivity index (χ0n) is 16.7. The fraction of sp³-hybridized carbons (Fsp3) is 0.182. The van der Waals surface area contributed by atoms with Crippen LogP contribution in [0.2, 0.25) is 0 Å². The van der Waals surface area contributed by atoms with Gasteiger partial charge in [0.1, 0.15) is 0 Å². The lowest BCUT2D eigenvalue weighted by Gasteiger charge is -2.06. The van der Waals surface area contributed by atoms with Crippen molar-refractivity contribution in [3.8, 4) is 22.4 Å².